The maximum absolute atomic E-state index is 12.9. The van der Waals surface area contributed by atoms with Crippen molar-refractivity contribution in [2.45, 2.75) is 12.5 Å². The zero-order valence-corrected chi connectivity index (χ0v) is 15.8. The molecule has 2 amide bonds. The van der Waals surface area contributed by atoms with Crippen molar-refractivity contribution >= 4 is 28.3 Å². The summed E-state index contributed by atoms with van der Waals surface area (Å²) in [5.41, 5.74) is 1.37. The van der Waals surface area contributed by atoms with Crippen LogP contribution in [0.3, 0.4) is 0 Å². The second kappa shape index (κ2) is 7.13. The van der Waals surface area contributed by atoms with Crippen LogP contribution in [0.1, 0.15) is 16.8 Å². The number of carbonyl (C=O) groups is 2. The highest BCUT2D eigenvalue weighted by atomic mass is 16.6. The van der Waals surface area contributed by atoms with Crippen molar-refractivity contribution < 1.29 is 19.1 Å². The number of hydrogen-bond donors (Lipinski definition) is 1. The van der Waals surface area contributed by atoms with Crippen LogP contribution in [-0.4, -0.2) is 37.6 Å². The molecule has 1 fully saturated rings. The van der Waals surface area contributed by atoms with Crippen LogP contribution in [0, 0.1) is 0 Å². The van der Waals surface area contributed by atoms with E-state index in [4.69, 9.17) is 9.47 Å². The highest BCUT2D eigenvalue weighted by Gasteiger charge is 2.32. The molecule has 3 aromatic rings. The Morgan fingerprint density at radius 3 is 2.66 bits per heavy atom. The van der Waals surface area contributed by atoms with E-state index in [0.29, 0.717) is 36.8 Å². The van der Waals surface area contributed by atoms with E-state index in [1.807, 2.05) is 60.7 Å². The molecule has 1 atom stereocenters. The van der Waals surface area contributed by atoms with Crippen molar-refractivity contribution in [3.63, 3.8) is 0 Å². The van der Waals surface area contributed by atoms with Crippen molar-refractivity contribution in [2.24, 2.45) is 0 Å². The summed E-state index contributed by atoms with van der Waals surface area (Å²) in [4.78, 5) is 27.2. The number of fused-ring (bicyclic) bond motifs is 2. The van der Waals surface area contributed by atoms with E-state index in [0.717, 1.165) is 16.5 Å². The van der Waals surface area contributed by atoms with Gasteiger partial charge in [-0.15, -0.1) is 0 Å². The molecule has 3 aromatic carbocycles. The smallest absolute Gasteiger partial charge is 0.252 e. The average Bonchev–Trinajstić information content (AvgIpc) is 3.12. The number of benzene rings is 3. The third kappa shape index (κ3) is 3.27. The molecular formula is C23H20N2O4. The molecule has 2 aliphatic rings. The molecule has 0 saturated carbocycles. The van der Waals surface area contributed by atoms with E-state index >= 15 is 0 Å². The lowest BCUT2D eigenvalue weighted by atomic mass is 10.0. The summed E-state index contributed by atoms with van der Waals surface area (Å²) in [6.45, 7) is 1.44. The summed E-state index contributed by atoms with van der Waals surface area (Å²) in [5.74, 6) is 1.14. The molecule has 0 aromatic heterocycles. The van der Waals surface area contributed by atoms with E-state index in [1.165, 1.54) is 0 Å². The van der Waals surface area contributed by atoms with E-state index in [-0.39, 0.29) is 24.3 Å². The van der Waals surface area contributed by atoms with Crippen LogP contribution in [0.25, 0.3) is 10.8 Å². The second-order valence-electron chi connectivity index (χ2n) is 7.23. The minimum absolute atomic E-state index is 0.0232. The minimum atomic E-state index is -0.248. The fraction of sp³-hybridized carbons (Fsp3) is 0.217. The summed E-state index contributed by atoms with van der Waals surface area (Å²) in [6, 6.07) is 18.7. The highest BCUT2D eigenvalue weighted by molar-refractivity contribution is 6.07. The third-order valence-electron chi connectivity index (χ3n) is 5.33. The molecule has 2 aliphatic heterocycles. The van der Waals surface area contributed by atoms with Gasteiger partial charge in [0.25, 0.3) is 5.91 Å². The van der Waals surface area contributed by atoms with Gasteiger partial charge in [0.1, 0.15) is 13.2 Å². The lowest BCUT2D eigenvalue weighted by Crippen LogP contribution is -2.37. The molecule has 6 nitrogen and oxygen atoms in total. The average molecular weight is 388 g/mol. The zero-order chi connectivity index (χ0) is 19.8. The van der Waals surface area contributed by atoms with Gasteiger partial charge >= 0.3 is 0 Å². The number of amides is 2. The Bertz CT molecular complexity index is 1110. The number of nitrogens with one attached hydrogen (secondary N) is 1. The zero-order valence-electron chi connectivity index (χ0n) is 15.8. The van der Waals surface area contributed by atoms with Gasteiger partial charge in [-0.2, -0.15) is 0 Å². The Morgan fingerprint density at radius 1 is 0.966 bits per heavy atom. The maximum Gasteiger partial charge on any atom is 0.252 e. The molecule has 0 spiro atoms. The first kappa shape index (κ1) is 17.6. The van der Waals surface area contributed by atoms with E-state index in [9.17, 15) is 9.59 Å². The molecule has 0 radical (unpaired) electrons. The van der Waals surface area contributed by atoms with Gasteiger partial charge in [0.2, 0.25) is 5.91 Å². The molecule has 1 saturated heterocycles. The summed E-state index contributed by atoms with van der Waals surface area (Å²) in [6.07, 6.45) is 0.269. The lowest BCUT2D eigenvalue weighted by molar-refractivity contribution is -0.117. The SMILES string of the molecule is O=C(N[C@H]1CC(=O)N(c2ccc3c(c2)OCCO3)C1)c1cccc2ccccc12. The first-order valence-electron chi connectivity index (χ1n) is 9.68. The van der Waals surface area contributed by atoms with Gasteiger partial charge < -0.3 is 19.7 Å². The summed E-state index contributed by atoms with van der Waals surface area (Å²) >= 11 is 0. The summed E-state index contributed by atoms with van der Waals surface area (Å²) < 4.78 is 11.2. The van der Waals surface area contributed by atoms with Crippen LogP contribution in [0.5, 0.6) is 11.5 Å². The summed E-state index contributed by atoms with van der Waals surface area (Å²) in [7, 11) is 0. The van der Waals surface area contributed by atoms with Crippen LogP contribution in [-0.2, 0) is 4.79 Å². The Balaban J connectivity index is 1.33. The monoisotopic (exact) mass is 388 g/mol. The van der Waals surface area contributed by atoms with Crippen LogP contribution < -0.4 is 19.7 Å². The van der Waals surface area contributed by atoms with Crippen LogP contribution in [0.2, 0.25) is 0 Å². The van der Waals surface area contributed by atoms with Crippen LogP contribution in [0.4, 0.5) is 5.69 Å². The largest absolute Gasteiger partial charge is 0.486 e. The molecule has 1 N–H and O–H groups in total. The Labute approximate surface area is 168 Å². The Hall–Kier alpha value is -3.54. The van der Waals surface area contributed by atoms with E-state index < -0.39 is 0 Å². The Kier molecular flexibility index (Phi) is 4.31. The van der Waals surface area contributed by atoms with Crippen LogP contribution in [0.15, 0.2) is 60.7 Å². The van der Waals surface area contributed by atoms with Gasteiger partial charge in [0, 0.05) is 30.3 Å². The van der Waals surface area contributed by atoms with Crippen molar-refractivity contribution in [3.05, 3.63) is 66.2 Å². The van der Waals surface area contributed by atoms with Crippen molar-refractivity contribution in [1.82, 2.24) is 5.32 Å². The predicted octanol–water partition coefficient (Wildman–Crippen LogP) is 3.15. The van der Waals surface area contributed by atoms with Gasteiger partial charge in [-0.25, -0.2) is 0 Å². The fourth-order valence-corrected chi connectivity index (χ4v) is 3.94. The van der Waals surface area contributed by atoms with Crippen molar-refractivity contribution in [1.29, 1.82) is 0 Å². The number of ether oxygens (including phenoxy) is 2. The molecule has 0 bridgehead atoms. The van der Waals surface area contributed by atoms with Gasteiger partial charge in [-0.05, 0) is 29.0 Å². The second-order valence-corrected chi connectivity index (χ2v) is 7.23. The molecule has 5 rings (SSSR count). The Morgan fingerprint density at radius 2 is 1.76 bits per heavy atom. The van der Waals surface area contributed by atoms with E-state index in [2.05, 4.69) is 5.32 Å². The van der Waals surface area contributed by atoms with Gasteiger partial charge in [-0.1, -0.05) is 36.4 Å². The third-order valence-corrected chi connectivity index (χ3v) is 5.33. The molecule has 146 valence electrons. The molecule has 2 heterocycles. The van der Waals surface area contributed by atoms with E-state index in [1.54, 1.807) is 4.90 Å². The molecule has 0 aliphatic carbocycles. The number of anilines is 1. The number of rotatable bonds is 3. The molecule has 29 heavy (non-hydrogen) atoms. The van der Waals surface area contributed by atoms with Gasteiger partial charge in [-0.3, -0.25) is 9.59 Å². The van der Waals surface area contributed by atoms with Crippen molar-refractivity contribution in [2.75, 3.05) is 24.7 Å². The molecule has 6 heteroatoms. The predicted molar refractivity (Wildman–Crippen MR) is 110 cm³/mol. The van der Waals surface area contributed by atoms with Gasteiger partial charge in [0.05, 0.1) is 6.04 Å². The standard InChI is InChI=1S/C23H20N2O4/c26-22-12-16(14-25(22)17-8-9-20-21(13-17)29-11-10-28-20)24-23(27)19-7-3-5-15-4-1-2-6-18(15)19/h1-9,13,16H,10-12,14H2,(H,24,27)/t16-/m0/s1. The highest BCUT2D eigenvalue weighted by Crippen LogP contribution is 2.35. The van der Waals surface area contributed by atoms with Gasteiger partial charge in [0.15, 0.2) is 11.5 Å². The van der Waals surface area contributed by atoms with Crippen molar-refractivity contribution in [3.8, 4) is 11.5 Å². The summed E-state index contributed by atoms with van der Waals surface area (Å²) in [5, 5.41) is 4.94. The first-order valence-corrected chi connectivity index (χ1v) is 9.68. The normalized spacial score (nSPS) is 18.1. The maximum atomic E-state index is 12.9. The quantitative estimate of drug-likeness (QED) is 0.749. The number of carbonyl (C=O) groups excluding carboxylic acids is 2. The topological polar surface area (TPSA) is 67.9 Å². The number of hydrogen-bond acceptors (Lipinski definition) is 4. The number of nitrogens with zero attached hydrogens (tertiary/aromatic N) is 1. The minimum Gasteiger partial charge on any atom is -0.486 e. The fourth-order valence-electron chi connectivity index (χ4n) is 3.94. The first-order chi connectivity index (χ1) is 14.2. The van der Waals surface area contributed by atoms with Crippen LogP contribution >= 0.6 is 0 Å². The lowest BCUT2D eigenvalue weighted by Gasteiger charge is -2.22. The molecule has 0 unspecified atom stereocenters. The molecular weight excluding hydrogens is 368 g/mol.